The molecule has 0 fully saturated rings. The van der Waals surface area contributed by atoms with Crippen molar-refractivity contribution in [1.82, 2.24) is 0 Å². The van der Waals surface area contributed by atoms with E-state index in [-0.39, 0.29) is 22.3 Å². The zero-order valence-electron chi connectivity index (χ0n) is 28.8. The van der Waals surface area contributed by atoms with Crippen LogP contribution >= 0.6 is 0 Å². The highest BCUT2D eigenvalue weighted by molar-refractivity contribution is 7.56. The molecule has 0 bridgehead atoms. The van der Waals surface area contributed by atoms with Crippen LogP contribution in [-0.2, 0) is 0 Å². The first-order chi connectivity index (χ1) is 20.9. The average molecular weight is 617 g/mol. The summed E-state index contributed by atoms with van der Waals surface area (Å²) in [5, 5.41) is -2.57. The Hall–Kier alpha value is -4.22. The summed E-state index contributed by atoms with van der Waals surface area (Å²) in [6.07, 6.45) is 0. The van der Waals surface area contributed by atoms with Crippen LogP contribution in [0.3, 0.4) is 0 Å². The van der Waals surface area contributed by atoms with Gasteiger partial charge in [-0.3, -0.25) is 19.2 Å². The largest absolute Gasteiger partial charge is 0.371 e. The molecule has 0 spiro atoms. The summed E-state index contributed by atoms with van der Waals surface area (Å²) >= 11 is 0. The lowest BCUT2D eigenvalue weighted by atomic mass is 10.00. The second kappa shape index (κ2) is 12.3. The molecule has 4 aromatic rings. The van der Waals surface area contributed by atoms with Crippen LogP contribution in [0.4, 0.5) is 0 Å². The molecule has 0 atom stereocenters. The summed E-state index contributed by atoms with van der Waals surface area (Å²) in [7, 11) is -5.05. The van der Waals surface area contributed by atoms with Gasteiger partial charge in [-0.05, 0) is 128 Å². The highest BCUT2D eigenvalue weighted by Crippen LogP contribution is 2.35. The average Bonchev–Trinajstić information content (AvgIpc) is 2.86. The van der Waals surface area contributed by atoms with Crippen molar-refractivity contribution in [3.8, 4) is 0 Å². The summed E-state index contributed by atoms with van der Waals surface area (Å²) in [5.74, 6) is 0. The molecule has 232 valence electrons. The van der Waals surface area contributed by atoms with Gasteiger partial charge in [0.2, 0.25) is 0 Å². The predicted molar refractivity (Wildman–Crippen MR) is 186 cm³/mol. The number of rotatable bonds is 8. The first kappa shape index (κ1) is 33.7. The Kier molecular flexibility index (Phi) is 9.19. The highest BCUT2D eigenvalue weighted by Gasteiger charge is 2.64. The van der Waals surface area contributed by atoms with E-state index in [0.717, 1.165) is 22.3 Å². The fourth-order valence-corrected chi connectivity index (χ4v) is 11.8. The van der Waals surface area contributed by atoms with E-state index in [1.165, 1.54) is 0 Å². The van der Waals surface area contributed by atoms with E-state index in [9.17, 15) is 0 Å². The zero-order valence-corrected chi connectivity index (χ0v) is 29.8. The van der Waals surface area contributed by atoms with Gasteiger partial charge in [-0.1, -0.05) is 70.8 Å². The van der Waals surface area contributed by atoms with Crippen molar-refractivity contribution < 1.29 is 19.2 Å². The fraction of sp³-hybridized carbons (Fsp3) is 0.300. The van der Waals surface area contributed by atoms with Gasteiger partial charge in [0.1, 0.15) is 0 Å². The normalized spacial score (nSPS) is 11.5. The second-order valence-electron chi connectivity index (χ2n) is 13.2. The van der Waals surface area contributed by atoms with E-state index < -0.39 is 29.7 Å². The van der Waals surface area contributed by atoms with Gasteiger partial charge in [-0.15, -0.1) is 0 Å². The lowest BCUT2D eigenvalue weighted by Gasteiger charge is -2.31. The van der Waals surface area contributed by atoms with Gasteiger partial charge in [-0.2, -0.15) is 0 Å². The van der Waals surface area contributed by atoms with Crippen molar-refractivity contribution in [2.24, 2.45) is 0 Å². The quantitative estimate of drug-likeness (QED) is 0.186. The SMILES string of the molecule is Cc1cc(C)c(C(=O)[Si](C(=O)c2c(C)cc(C)cc2C)(C(=O)c2c(C)cc(C)cc2C)C(=O)c2c(C)cc(C)cc2C)c(C)c1. The molecule has 0 aliphatic heterocycles. The number of benzene rings is 4. The Bertz CT molecular complexity index is 1570. The van der Waals surface area contributed by atoms with Crippen LogP contribution in [0, 0.1) is 83.1 Å². The molecule has 5 heteroatoms. The van der Waals surface area contributed by atoms with Crippen molar-refractivity contribution in [1.29, 1.82) is 0 Å². The Balaban J connectivity index is 2.29. The van der Waals surface area contributed by atoms with E-state index >= 15 is 19.2 Å². The molecule has 0 aliphatic carbocycles. The standard InChI is InChI=1S/C40H44O4Si/c1-21-13-25(5)33(26(6)14-21)37(41)45(38(42)34-27(7)15-22(2)16-28(34)8,39(43)35-29(9)17-23(3)18-30(35)10)40(44)36-31(11)19-24(4)20-32(36)12/h13-20H,1-12H3. The van der Waals surface area contributed by atoms with E-state index in [0.29, 0.717) is 44.5 Å². The van der Waals surface area contributed by atoms with E-state index in [4.69, 9.17) is 0 Å². The Morgan fingerprint density at radius 1 is 0.311 bits per heavy atom. The molecule has 0 N–H and O–H groups in total. The van der Waals surface area contributed by atoms with Crippen LogP contribution in [0.5, 0.6) is 0 Å². The molecular weight excluding hydrogens is 573 g/mol. The second-order valence-corrected chi connectivity index (χ2v) is 16.5. The maximum Gasteiger partial charge on any atom is 0.371 e. The van der Waals surface area contributed by atoms with Crippen LogP contribution < -0.4 is 0 Å². The molecule has 4 nitrogen and oxygen atoms in total. The van der Waals surface area contributed by atoms with Gasteiger partial charge in [-0.25, -0.2) is 0 Å². The van der Waals surface area contributed by atoms with Crippen molar-refractivity contribution in [3.63, 3.8) is 0 Å². The molecule has 0 radical (unpaired) electrons. The first-order valence-corrected chi connectivity index (χ1v) is 17.4. The van der Waals surface area contributed by atoms with Crippen LogP contribution in [0.25, 0.3) is 0 Å². The molecular formula is C40H44O4Si. The number of carbonyl (C=O) groups is 4. The van der Waals surface area contributed by atoms with Crippen molar-refractivity contribution in [2.45, 2.75) is 83.1 Å². The maximum absolute atomic E-state index is 15.5. The summed E-state index contributed by atoms with van der Waals surface area (Å²) in [6.45, 7) is 22.3. The third-order valence-corrected chi connectivity index (χ3v) is 12.7. The van der Waals surface area contributed by atoms with Gasteiger partial charge in [0.25, 0.3) is 0 Å². The topological polar surface area (TPSA) is 68.3 Å². The highest BCUT2D eigenvalue weighted by atomic mass is 28.3. The van der Waals surface area contributed by atoms with Crippen LogP contribution in [0.15, 0.2) is 48.5 Å². The lowest BCUT2D eigenvalue weighted by Crippen LogP contribution is -2.67. The number of hydrogen-bond acceptors (Lipinski definition) is 4. The maximum atomic E-state index is 15.5. The van der Waals surface area contributed by atoms with E-state index in [1.54, 1.807) is 0 Å². The molecule has 4 rings (SSSR count). The van der Waals surface area contributed by atoms with Gasteiger partial charge in [0.15, 0.2) is 21.6 Å². The molecule has 0 heterocycles. The van der Waals surface area contributed by atoms with E-state index in [2.05, 4.69) is 0 Å². The van der Waals surface area contributed by atoms with Crippen molar-refractivity contribution >= 4 is 29.7 Å². The third-order valence-electron chi connectivity index (χ3n) is 8.98. The number of carbonyl (C=O) groups excluding carboxylic acids is 4. The molecule has 45 heavy (non-hydrogen) atoms. The van der Waals surface area contributed by atoms with Crippen LogP contribution in [0.1, 0.15) is 108 Å². The van der Waals surface area contributed by atoms with Crippen molar-refractivity contribution in [3.05, 3.63) is 138 Å². The van der Waals surface area contributed by atoms with Gasteiger partial charge < -0.3 is 0 Å². The summed E-state index contributed by atoms with van der Waals surface area (Å²) in [4.78, 5) is 62.1. The Morgan fingerprint density at radius 3 is 0.578 bits per heavy atom. The minimum absolute atomic E-state index is 0.287. The van der Waals surface area contributed by atoms with Crippen LogP contribution in [0.2, 0.25) is 0 Å². The minimum Gasteiger partial charge on any atom is -0.298 e. The van der Waals surface area contributed by atoms with E-state index in [1.807, 2.05) is 132 Å². The Morgan fingerprint density at radius 2 is 0.444 bits per heavy atom. The summed E-state index contributed by atoms with van der Waals surface area (Å²) < 4.78 is 0. The molecule has 0 amide bonds. The Labute approximate surface area is 268 Å². The number of aryl methyl sites for hydroxylation is 12. The van der Waals surface area contributed by atoms with Crippen molar-refractivity contribution in [2.75, 3.05) is 0 Å². The fourth-order valence-electron chi connectivity index (χ4n) is 7.52. The van der Waals surface area contributed by atoms with Crippen LogP contribution in [-0.4, -0.2) is 29.7 Å². The first-order valence-electron chi connectivity index (χ1n) is 15.4. The van der Waals surface area contributed by atoms with Gasteiger partial charge in [0.05, 0.1) is 0 Å². The monoisotopic (exact) mass is 616 g/mol. The summed E-state index contributed by atoms with van der Waals surface area (Å²) in [6, 6.07) is 15.0. The molecule has 4 aromatic carbocycles. The smallest absolute Gasteiger partial charge is 0.298 e. The van der Waals surface area contributed by atoms with Gasteiger partial charge >= 0.3 is 8.07 Å². The third kappa shape index (κ3) is 5.70. The molecule has 0 saturated carbocycles. The molecule has 0 saturated heterocycles. The number of hydrogen-bond donors (Lipinski definition) is 0. The minimum atomic E-state index is -5.05. The van der Waals surface area contributed by atoms with Gasteiger partial charge in [0, 0.05) is 22.3 Å². The molecule has 0 aliphatic rings. The summed E-state index contributed by atoms with van der Waals surface area (Å²) in [5.41, 5.74) is 10.2. The molecule has 0 aromatic heterocycles. The predicted octanol–water partition coefficient (Wildman–Crippen LogP) is 8.82. The zero-order chi connectivity index (χ0) is 33.7. The molecule has 0 unspecified atom stereocenters. The lowest BCUT2D eigenvalue weighted by molar-refractivity contribution is 0.0947.